The number of carbonyl (C=O) groups is 3. The van der Waals surface area contributed by atoms with E-state index in [1.165, 1.54) is 42.6 Å². The normalized spacial score (nSPS) is 10.8. The molecule has 2 amide bonds. The minimum atomic E-state index is -0.586. The largest absolute Gasteiger partial charge is 0.490 e. The molecular weight excluding hydrogens is 552 g/mol. The zero-order valence-electron chi connectivity index (χ0n) is 22.9. The summed E-state index contributed by atoms with van der Waals surface area (Å²) >= 11 is 0. The smallest absolute Gasteiger partial charge is 0.336 e. The molecule has 0 unspecified atom stereocenters. The van der Waals surface area contributed by atoms with E-state index in [1.807, 2.05) is 30.3 Å². The third-order valence-electron chi connectivity index (χ3n) is 5.83. The van der Waals surface area contributed by atoms with Gasteiger partial charge in [0.1, 0.15) is 0 Å². The molecular formula is C32H26N4O7. The molecule has 0 atom stereocenters. The Morgan fingerprint density at radius 2 is 1.58 bits per heavy atom. The van der Waals surface area contributed by atoms with E-state index in [0.29, 0.717) is 17.9 Å². The third-order valence-corrected chi connectivity index (χ3v) is 5.83. The lowest BCUT2D eigenvalue weighted by molar-refractivity contribution is -0.384. The average Bonchev–Trinajstić information content (AvgIpc) is 3.02. The molecule has 11 heteroatoms. The molecule has 0 aliphatic carbocycles. The predicted molar refractivity (Wildman–Crippen MR) is 161 cm³/mol. The van der Waals surface area contributed by atoms with Gasteiger partial charge in [0.25, 0.3) is 17.5 Å². The van der Waals surface area contributed by atoms with Crippen molar-refractivity contribution in [2.75, 3.05) is 11.9 Å². The molecule has 4 aromatic rings. The number of amides is 2. The highest BCUT2D eigenvalue weighted by Crippen LogP contribution is 2.28. The van der Waals surface area contributed by atoms with Crippen molar-refractivity contribution in [3.63, 3.8) is 0 Å². The zero-order valence-corrected chi connectivity index (χ0v) is 22.9. The number of carbonyl (C=O) groups excluding carboxylic acids is 3. The second-order valence-electron chi connectivity index (χ2n) is 8.81. The van der Waals surface area contributed by atoms with Crippen molar-refractivity contribution in [2.45, 2.75) is 6.92 Å². The lowest BCUT2D eigenvalue weighted by atomic mass is 10.1. The number of benzene rings is 4. The number of hydrazone groups is 1. The SMILES string of the molecule is CCOc1cc(/C=N\NC(=O)c2ccccc2NC(=O)c2ccc([N+](=O)[O-])cc2)ccc1OC(=O)/C=C/c1ccccc1. The summed E-state index contributed by atoms with van der Waals surface area (Å²) in [5.74, 6) is -1.16. The van der Waals surface area contributed by atoms with Gasteiger partial charge in [-0.25, -0.2) is 10.2 Å². The van der Waals surface area contributed by atoms with Crippen LogP contribution in [-0.4, -0.2) is 35.5 Å². The number of non-ortho nitro benzene ring substituents is 1. The lowest BCUT2D eigenvalue weighted by Crippen LogP contribution is -2.21. The van der Waals surface area contributed by atoms with Crippen molar-refractivity contribution < 1.29 is 28.8 Å². The molecule has 0 radical (unpaired) electrons. The highest BCUT2D eigenvalue weighted by Gasteiger charge is 2.15. The fraction of sp³-hybridized carbons (Fsp3) is 0.0625. The Labute approximate surface area is 246 Å². The van der Waals surface area contributed by atoms with Crippen LogP contribution >= 0.6 is 0 Å². The number of hydrogen-bond acceptors (Lipinski definition) is 8. The first-order valence-corrected chi connectivity index (χ1v) is 13.0. The molecule has 216 valence electrons. The van der Waals surface area contributed by atoms with Crippen LogP contribution in [0.3, 0.4) is 0 Å². The van der Waals surface area contributed by atoms with E-state index in [2.05, 4.69) is 15.8 Å². The van der Waals surface area contributed by atoms with Crippen molar-refractivity contribution in [1.29, 1.82) is 0 Å². The standard InChI is InChI=1S/C32H26N4O7/c1-2-42-29-20-23(12-18-28(29)43-30(37)19-13-22-8-4-3-5-9-22)21-33-35-32(39)26-10-6-7-11-27(26)34-31(38)24-14-16-25(17-15-24)36(40)41/h3-21H,2H2,1H3,(H,34,38)(H,35,39)/b19-13+,33-21-. The number of rotatable bonds is 11. The average molecular weight is 579 g/mol. The molecule has 0 heterocycles. The Kier molecular flexibility index (Phi) is 10.1. The van der Waals surface area contributed by atoms with Crippen LogP contribution in [-0.2, 0) is 4.79 Å². The van der Waals surface area contributed by atoms with Crippen LogP contribution in [0, 0.1) is 10.1 Å². The highest BCUT2D eigenvalue weighted by molar-refractivity contribution is 6.09. The monoisotopic (exact) mass is 578 g/mol. The van der Waals surface area contributed by atoms with Gasteiger partial charge in [0.15, 0.2) is 11.5 Å². The maximum absolute atomic E-state index is 12.9. The zero-order chi connectivity index (χ0) is 30.6. The Morgan fingerprint density at radius 1 is 0.860 bits per heavy atom. The van der Waals surface area contributed by atoms with Crippen LogP contribution in [0.15, 0.2) is 108 Å². The number of nitrogens with one attached hydrogen (secondary N) is 2. The van der Waals surface area contributed by atoms with Crippen LogP contribution in [0.2, 0.25) is 0 Å². The molecule has 4 aromatic carbocycles. The van der Waals surface area contributed by atoms with E-state index in [9.17, 15) is 24.5 Å². The summed E-state index contributed by atoms with van der Waals surface area (Å²) in [6.45, 7) is 2.11. The van der Waals surface area contributed by atoms with Crippen LogP contribution in [0.5, 0.6) is 11.5 Å². The van der Waals surface area contributed by atoms with E-state index in [4.69, 9.17) is 9.47 Å². The number of ether oxygens (including phenoxy) is 2. The Hall–Kier alpha value is -6.10. The molecule has 4 rings (SSSR count). The Balaban J connectivity index is 1.40. The highest BCUT2D eigenvalue weighted by atomic mass is 16.6. The number of esters is 1. The minimum absolute atomic E-state index is 0.144. The van der Waals surface area contributed by atoms with Crippen molar-refractivity contribution in [2.24, 2.45) is 5.10 Å². The third kappa shape index (κ3) is 8.44. The summed E-state index contributed by atoms with van der Waals surface area (Å²) < 4.78 is 11.1. The minimum Gasteiger partial charge on any atom is -0.490 e. The molecule has 0 aromatic heterocycles. The van der Waals surface area contributed by atoms with E-state index in [1.54, 1.807) is 49.4 Å². The van der Waals surface area contributed by atoms with Gasteiger partial charge in [-0.3, -0.25) is 19.7 Å². The van der Waals surface area contributed by atoms with Gasteiger partial charge in [0.05, 0.1) is 29.0 Å². The van der Waals surface area contributed by atoms with Crippen LogP contribution < -0.4 is 20.2 Å². The van der Waals surface area contributed by atoms with Crippen molar-refractivity contribution >= 4 is 41.4 Å². The van der Waals surface area contributed by atoms with Crippen LogP contribution in [0.25, 0.3) is 6.08 Å². The summed E-state index contributed by atoms with van der Waals surface area (Å²) in [7, 11) is 0. The molecule has 0 bridgehead atoms. The van der Waals surface area contributed by atoms with Crippen molar-refractivity contribution in [3.8, 4) is 11.5 Å². The van der Waals surface area contributed by atoms with Gasteiger partial charge in [0.2, 0.25) is 0 Å². The fourth-order valence-electron chi connectivity index (χ4n) is 3.77. The van der Waals surface area contributed by atoms with Gasteiger partial charge in [-0.05, 0) is 66.6 Å². The van der Waals surface area contributed by atoms with Gasteiger partial charge in [-0.1, -0.05) is 42.5 Å². The second kappa shape index (κ2) is 14.5. The molecule has 2 N–H and O–H groups in total. The summed E-state index contributed by atoms with van der Waals surface area (Å²) in [5.41, 5.74) is 4.25. The molecule has 0 spiro atoms. The van der Waals surface area contributed by atoms with Gasteiger partial charge in [0, 0.05) is 23.8 Å². The summed E-state index contributed by atoms with van der Waals surface area (Å²) in [5, 5.41) is 17.5. The summed E-state index contributed by atoms with van der Waals surface area (Å²) in [4.78, 5) is 48.2. The van der Waals surface area contributed by atoms with Crippen molar-refractivity contribution in [1.82, 2.24) is 5.43 Å². The summed E-state index contributed by atoms with van der Waals surface area (Å²) in [6, 6.07) is 25.6. The quantitative estimate of drug-likeness (QED) is 0.0585. The molecule has 0 saturated carbocycles. The van der Waals surface area contributed by atoms with E-state index < -0.39 is 22.7 Å². The van der Waals surface area contributed by atoms with E-state index in [-0.39, 0.29) is 28.3 Å². The van der Waals surface area contributed by atoms with Crippen LogP contribution in [0.4, 0.5) is 11.4 Å². The second-order valence-corrected chi connectivity index (χ2v) is 8.81. The van der Waals surface area contributed by atoms with Gasteiger partial charge in [-0.2, -0.15) is 5.10 Å². The first-order chi connectivity index (χ1) is 20.8. The molecule has 11 nitrogen and oxygen atoms in total. The Morgan fingerprint density at radius 3 is 2.30 bits per heavy atom. The number of anilines is 1. The topological polar surface area (TPSA) is 149 Å². The first-order valence-electron chi connectivity index (χ1n) is 13.0. The number of nitro benzene ring substituents is 1. The number of hydrogen-bond donors (Lipinski definition) is 2. The number of nitrogens with zero attached hydrogens (tertiary/aromatic N) is 2. The fourth-order valence-corrected chi connectivity index (χ4v) is 3.77. The van der Waals surface area contributed by atoms with Gasteiger partial charge in [-0.15, -0.1) is 0 Å². The van der Waals surface area contributed by atoms with E-state index in [0.717, 1.165) is 5.56 Å². The molecule has 0 saturated heterocycles. The number of nitro groups is 1. The van der Waals surface area contributed by atoms with E-state index >= 15 is 0 Å². The molecule has 0 aliphatic heterocycles. The Bertz CT molecular complexity index is 1680. The van der Waals surface area contributed by atoms with Crippen molar-refractivity contribution in [3.05, 3.63) is 136 Å². The number of para-hydroxylation sites is 1. The predicted octanol–water partition coefficient (Wildman–Crippen LogP) is 5.63. The molecule has 0 aliphatic rings. The van der Waals surface area contributed by atoms with Crippen LogP contribution in [0.1, 0.15) is 38.8 Å². The molecule has 43 heavy (non-hydrogen) atoms. The van der Waals surface area contributed by atoms with Gasteiger partial charge < -0.3 is 14.8 Å². The first kappa shape index (κ1) is 29.9. The maximum atomic E-state index is 12.9. The lowest BCUT2D eigenvalue weighted by Gasteiger charge is -2.11. The molecule has 0 fully saturated rings. The summed E-state index contributed by atoms with van der Waals surface area (Å²) in [6.07, 6.45) is 4.35. The maximum Gasteiger partial charge on any atom is 0.336 e. The van der Waals surface area contributed by atoms with Gasteiger partial charge >= 0.3 is 5.97 Å².